The van der Waals surface area contributed by atoms with Gasteiger partial charge in [0.1, 0.15) is 0 Å². The van der Waals surface area contributed by atoms with Crippen LogP contribution in [0, 0.1) is 0 Å². The lowest BCUT2D eigenvalue weighted by Crippen LogP contribution is -1.98. The summed E-state index contributed by atoms with van der Waals surface area (Å²) in [5.41, 5.74) is 0.253. The number of thiazole rings is 1. The van der Waals surface area contributed by atoms with Gasteiger partial charge in [0.15, 0.2) is 0 Å². The number of aromatic carboxylic acids is 2. The molecule has 0 bridgehead atoms. The van der Waals surface area contributed by atoms with Crippen molar-refractivity contribution in [2.24, 2.45) is 0 Å². The molecule has 5 nitrogen and oxygen atoms in total. The highest BCUT2D eigenvalue weighted by Crippen LogP contribution is 2.24. The summed E-state index contributed by atoms with van der Waals surface area (Å²) in [6, 6.07) is 4.61. The second kappa shape index (κ2) is 3.32. The van der Waals surface area contributed by atoms with Crippen molar-refractivity contribution in [2.45, 2.75) is 0 Å². The molecule has 0 unspecified atom stereocenters. The van der Waals surface area contributed by atoms with E-state index < -0.39 is 11.9 Å². The van der Waals surface area contributed by atoms with Gasteiger partial charge in [-0.2, -0.15) is 0 Å². The number of hydrogen-bond donors (Lipinski definition) is 2. The molecular weight excluding hydrogens is 218 g/mol. The van der Waals surface area contributed by atoms with Crippen molar-refractivity contribution in [3.63, 3.8) is 0 Å². The molecule has 0 spiro atoms. The van der Waals surface area contributed by atoms with Gasteiger partial charge in [0.2, 0.25) is 5.01 Å². The molecule has 2 rings (SSSR count). The number of carbonyl (C=O) groups is 2. The fourth-order valence-corrected chi connectivity index (χ4v) is 2.04. The molecule has 1 heterocycles. The summed E-state index contributed by atoms with van der Waals surface area (Å²) in [5.74, 6) is -2.25. The normalized spacial score (nSPS) is 10.4. The lowest BCUT2D eigenvalue weighted by molar-refractivity contribution is 0.0684. The second-order valence-corrected chi connectivity index (χ2v) is 3.81. The minimum absolute atomic E-state index is 0.0243. The standard InChI is InChI=1S/C9H5NO4S/c11-8(12)4-2-1-3-5-6(4)10-7(15-5)9(13)14/h1-3H,(H,11,12)(H,13,14). The van der Waals surface area contributed by atoms with Crippen molar-refractivity contribution in [2.75, 3.05) is 0 Å². The summed E-state index contributed by atoms with van der Waals surface area (Å²) in [6.45, 7) is 0. The first-order valence-corrected chi connectivity index (χ1v) is 4.77. The van der Waals surface area contributed by atoms with E-state index in [1.165, 1.54) is 6.07 Å². The predicted molar refractivity (Wildman–Crippen MR) is 53.5 cm³/mol. The van der Waals surface area contributed by atoms with Crippen LogP contribution < -0.4 is 0 Å². The van der Waals surface area contributed by atoms with E-state index in [4.69, 9.17) is 10.2 Å². The van der Waals surface area contributed by atoms with Crippen molar-refractivity contribution in [1.29, 1.82) is 0 Å². The van der Waals surface area contributed by atoms with Crippen molar-refractivity contribution in [3.05, 3.63) is 28.8 Å². The Bertz CT molecular complexity index is 560. The topological polar surface area (TPSA) is 87.5 Å². The van der Waals surface area contributed by atoms with Crippen molar-refractivity contribution in [1.82, 2.24) is 4.98 Å². The second-order valence-electron chi connectivity index (χ2n) is 2.78. The molecule has 0 fully saturated rings. The van der Waals surface area contributed by atoms with E-state index in [2.05, 4.69) is 4.98 Å². The van der Waals surface area contributed by atoms with Crippen LogP contribution in [0.3, 0.4) is 0 Å². The van der Waals surface area contributed by atoms with E-state index in [-0.39, 0.29) is 16.1 Å². The Morgan fingerprint density at radius 3 is 2.53 bits per heavy atom. The van der Waals surface area contributed by atoms with E-state index in [1.807, 2.05) is 0 Å². The number of nitrogens with zero attached hydrogens (tertiary/aromatic N) is 1. The van der Waals surface area contributed by atoms with Gasteiger partial charge in [0.05, 0.1) is 15.8 Å². The lowest BCUT2D eigenvalue weighted by Gasteiger charge is -1.93. The molecule has 0 radical (unpaired) electrons. The molecule has 6 heteroatoms. The third-order valence-electron chi connectivity index (χ3n) is 1.83. The zero-order valence-corrected chi connectivity index (χ0v) is 8.11. The number of para-hydroxylation sites is 1. The first-order valence-electron chi connectivity index (χ1n) is 3.95. The van der Waals surface area contributed by atoms with Crippen LogP contribution in [-0.2, 0) is 0 Å². The summed E-state index contributed by atoms with van der Waals surface area (Å²) >= 11 is 0.963. The highest BCUT2D eigenvalue weighted by molar-refractivity contribution is 7.20. The van der Waals surface area contributed by atoms with E-state index in [1.54, 1.807) is 12.1 Å². The van der Waals surface area contributed by atoms with Gasteiger partial charge in [0.25, 0.3) is 0 Å². The van der Waals surface area contributed by atoms with Gasteiger partial charge in [-0.15, -0.1) is 11.3 Å². The van der Waals surface area contributed by atoms with Crippen LogP contribution in [0.1, 0.15) is 20.2 Å². The highest BCUT2D eigenvalue weighted by atomic mass is 32.1. The minimum atomic E-state index is -1.15. The number of carboxylic acids is 2. The average Bonchev–Trinajstić information content (AvgIpc) is 2.60. The largest absolute Gasteiger partial charge is 0.478 e. The fourth-order valence-electron chi connectivity index (χ4n) is 1.21. The molecule has 0 saturated heterocycles. The van der Waals surface area contributed by atoms with E-state index in [0.29, 0.717) is 4.70 Å². The third-order valence-corrected chi connectivity index (χ3v) is 2.84. The van der Waals surface area contributed by atoms with Crippen molar-refractivity contribution >= 4 is 33.5 Å². The first kappa shape index (κ1) is 9.60. The van der Waals surface area contributed by atoms with Gasteiger partial charge in [0, 0.05) is 0 Å². The molecule has 0 saturated carbocycles. The van der Waals surface area contributed by atoms with Gasteiger partial charge in [-0.1, -0.05) is 6.07 Å². The number of fused-ring (bicyclic) bond motifs is 1. The molecule has 0 aliphatic carbocycles. The lowest BCUT2D eigenvalue weighted by atomic mass is 10.2. The molecule has 0 atom stereocenters. The quantitative estimate of drug-likeness (QED) is 0.808. The summed E-state index contributed by atoms with van der Waals surface area (Å²) in [5, 5.41) is 17.5. The van der Waals surface area contributed by atoms with E-state index in [9.17, 15) is 9.59 Å². The van der Waals surface area contributed by atoms with Crippen LogP contribution in [0.4, 0.5) is 0 Å². The third kappa shape index (κ3) is 1.55. The molecule has 1 aromatic heterocycles. The van der Waals surface area contributed by atoms with Gasteiger partial charge in [-0.3, -0.25) is 0 Å². The van der Waals surface area contributed by atoms with Crippen LogP contribution in [-0.4, -0.2) is 27.1 Å². The van der Waals surface area contributed by atoms with Gasteiger partial charge >= 0.3 is 11.9 Å². The zero-order chi connectivity index (χ0) is 11.0. The van der Waals surface area contributed by atoms with Crippen LogP contribution in [0.25, 0.3) is 10.2 Å². The summed E-state index contributed by atoms with van der Waals surface area (Å²) in [4.78, 5) is 25.2. The van der Waals surface area contributed by atoms with Gasteiger partial charge in [-0.25, -0.2) is 14.6 Å². The van der Waals surface area contributed by atoms with E-state index >= 15 is 0 Å². The monoisotopic (exact) mass is 223 g/mol. The van der Waals surface area contributed by atoms with Gasteiger partial charge < -0.3 is 10.2 Å². The molecule has 2 aromatic rings. The average molecular weight is 223 g/mol. The Labute approximate surface area is 87.6 Å². The number of benzene rings is 1. The molecular formula is C9H5NO4S. The highest BCUT2D eigenvalue weighted by Gasteiger charge is 2.15. The minimum Gasteiger partial charge on any atom is -0.478 e. The number of hydrogen-bond acceptors (Lipinski definition) is 4. The van der Waals surface area contributed by atoms with Crippen molar-refractivity contribution in [3.8, 4) is 0 Å². The Balaban J connectivity index is 2.75. The predicted octanol–water partition coefficient (Wildman–Crippen LogP) is 1.69. The zero-order valence-electron chi connectivity index (χ0n) is 7.30. The van der Waals surface area contributed by atoms with Crippen LogP contribution in [0.5, 0.6) is 0 Å². The molecule has 0 aliphatic heterocycles. The molecule has 15 heavy (non-hydrogen) atoms. The van der Waals surface area contributed by atoms with Gasteiger partial charge in [-0.05, 0) is 12.1 Å². The van der Waals surface area contributed by atoms with E-state index in [0.717, 1.165) is 11.3 Å². The Kier molecular flexibility index (Phi) is 2.12. The summed E-state index contributed by atoms with van der Waals surface area (Å²) in [7, 11) is 0. The maximum Gasteiger partial charge on any atom is 0.365 e. The molecule has 0 aliphatic rings. The number of rotatable bonds is 2. The molecule has 1 aromatic carbocycles. The smallest absolute Gasteiger partial charge is 0.365 e. The number of carboxylic acid groups (broad SMARTS) is 2. The SMILES string of the molecule is O=C(O)c1nc2c(C(=O)O)cccc2s1. The molecule has 2 N–H and O–H groups in total. The first-order chi connectivity index (χ1) is 7.09. The van der Waals surface area contributed by atoms with Crippen LogP contribution >= 0.6 is 11.3 Å². The van der Waals surface area contributed by atoms with Crippen molar-refractivity contribution < 1.29 is 19.8 Å². The Hall–Kier alpha value is -1.95. The maximum absolute atomic E-state index is 10.8. The fraction of sp³-hybridized carbons (Fsp3) is 0. The Morgan fingerprint density at radius 1 is 1.20 bits per heavy atom. The molecule has 0 amide bonds. The summed E-state index contributed by atoms with van der Waals surface area (Å²) in [6.07, 6.45) is 0. The number of aromatic nitrogens is 1. The molecule has 76 valence electrons. The maximum atomic E-state index is 10.8. The Morgan fingerprint density at radius 2 is 1.93 bits per heavy atom. The van der Waals surface area contributed by atoms with Crippen LogP contribution in [0.15, 0.2) is 18.2 Å². The van der Waals surface area contributed by atoms with Crippen LogP contribution in [0.2, 0.25) is 0 Å². The summed E-state index contributed by atoms with van der Waals surface area (Å²) < 4.78 is 0.562.